The molecule has 2 aromatic carbocycles. The van der Waals surface area contributed by atoms with Crippen molar-refractivity contribution in [3.8, 4) is 0 Å². The van der Waals surface area contributed by atoms with Gasteiger partial charge in [-0.3, -0.25) is 9.59 Å². The summed E-state index contributed by atoms with van der Waals surface area (Å²) in [4.78, 5) is 27.4. The van der Waals surface area contributed by atoms with Crippen LogP contribution in [0.5, 0.6) is 0 Å². The third-order valence-corrected chi connectivity index (χ3v) is 7.85. The molecule has 0 aromatic heterocycles. The van der Waals surface area contributed by atoms with Gasteiger partial charge in [-0.15, -0.1) is 0 Å². The first-order valence-electron chi connectivity index (χ1n) is 11.1. The normalized spacial score (nSPS) is 12.4. The van der Waals surface area contributed by atoms with Crippen LogP contribution in [0, 0.1) is 0 Å². The number of hydrogen-bond donors (Lipinski definition) is 1. The Morgan fingerprint density at radius 1 is 1.09 bits per heavy atom. The van der Waals surface area contributed by atoms with Gasteiger partial charge in [0, 0.05) is 43.1 Å². The zero-order valence-electron chi connectivity index (χ0n) is 19.6. The highest BCUT2D eigenvalue weighted by Crippen LogP contribution is 2.24. The predicted molar refractivity (Wildman–Crippen MR) is 135 cm³/mol. The smallest absolute Gasteiger partial charge is 0.242 e. The molecule has 0 aliphatic carbocycles. The molecule has 0 bridgehead atoms. The lowest BCUT2D eigenvalue weighted by Crippen LogP contribution is -2.47. The molecule has 2 aromatic rings. The van der Waals surface area contributed by atoms with Crippen LogP contribution in [0.25, 0.3) is 0 Å². The second kappa shape index (κ2) is 13.1. The second-order valence-corrected chi connectivity index (χ2v) is 10.9. The zero-order valence-corrected chi connectivity index (χ0v) is 22.0. The van der Waals surface area contributed by atoms with Crippen LogP contribution >= 0.6 is 23.2 Å². The van der Waals surface area contributed by atoms with Gasteiger partial charge in [0.05, 0.1) is 4.90 Å². The average molecular weight is 529 g/mol. The minimum Gasteiger partial charge on any atom is -0.354 e. The molecular weight excluding hydrogens is 497 g/mol. The maximum absolute atomic E-state index is 13.2. The fourth-order valence-electron chi connectivity index (χ4n) is 3.30. The molecule has 10 heteroatoms. The molecule has 0 spiro atoms. The molecule has 2 amide bonds. The number of sulfonamides is 1. The molecule has 2 rings (SSSR count). The van der Waals surface area contributed by atoms with E-state index in [1.165, 1.54) is 28.4 Å². The van der Waals surface area contributed by atoms with Crippen molar-refractivity contribution >= 4 is 45.0 Å². The first-order valence-corrected chi connectivity index (χ1v) is 13.3. The van der Waals surface area contributed by atoms with Crippen molar-refractivity contribution in [1.29, 1.82) is 0 Å². The van der Waals surface area contributed by atoms with E-state index in [9.17, 15) is 18.0 Å². The number of benzene rings is 2. The van der Waals surface area contributed by atoms with E-state index in [-0.39, 0.29) is 36.2 Å². The van der Waals surface area contributed by atoms with Crippen LogP contribution in [-0.4, -0.2) is 55.6 Å². The van der Waals surface area contributed by atoms with E-state index in [1.54, 1.807) is 43.3 Å². The van der Waals surface area contributed by atoms with Crippen molar-refractivity contribution in [2.24, 2.45) is 0 Å². The number of carbonyl (C=O) groups excluding carboxylic acids is 2. The Balaban J connectivity index is 2.10. The molecule has 0 radical (unpaired) electrons. The summed E-state index contributed by atoms with van der Waals surface area (Å²) in [6, 6.07) is 12.4. The number of halogens is 2. The SMILES string of the molecule is CCCNC(=O)[C@@H](C)N(Cc1ccc(Cl)cc1Cl)C(=O)CCCN(C)S(=O)(=O)c1ccccc1. The summed E-state index contributed by atoms with van der Waals surface area (Å²) in [7, 11) is -2.16. The molecule has 7 nitrogen and oxygen atoms in total. The molecule has 0 unspecified atom stereocenters. The van der Waals surface area contributed by atoms with Crippen LogP contribution in [0.1, 0.15) is 38.7 Å². The number of hydrogen-bond acceptors (Lipinski definition) is 4. The van der Waals surface area contributed by atoms with Gasteiger partial charge in [-0.2, -0.15) is 0 Å². The number of amides is 2. The van der Waals surface area contributed by atoms with Gasteiger partial charge in [0.15, 0.2) is 0 Å². The maximum Gasteiger partial charge on any atom is 0.242 e. The van der Waals surface area contributed by atoms with E-state index in [4.69, 9.17) is 23.2 Å². The molecule has 1 N–H and O–H groups in total. The fourth-order valence-corrected chi connectivity index (χ4v) is 5.00. The molecular formula is C24H31Cl2N3O4S. The van der Waals surface area contributed by atoms with Gasteiger partial charge in [0.25, 0.3) is 0 Å². The van der Waals surface area contributed by atoms with Gasteiger partial charge in [0.1, 0.15) is 6.04 Å². The van der Waals surface area contributed by atoms with E-state index in [2.05, 4.69) is 5.32 Å². The molecule has 0 fully saturated rings. The van der Waals surface area contributed by atoms with Crippen LogP contribution in [0.4, 0.5) is 0 Å². The molecule has 34 heavy (non-hydrogen) atoms. The molecule has 1 atom stereocenters. The largest absolute Gasteiger partial charge is 0.354 e. The van der Waals surface area contributed by atoms with E-state index >= 15 is 0 Å². The summed E-state index contributed by atoms with van der Waals surface area (Å²) in [6.07, 6.45) is 1.15. The van der Waals surface area contributed by atoms with Crippen LogP contribution < -0.4 is 5.32 Å². The lowest BCUT2D eigenvalue weighted by atomic mass is 10.1. The summed E-state index contributed by atoms with van der Waals surface area (Å²) in [6.45, 7) is 4.41. The summed E-state index contributed by atoms with van der Waals surface area (Å²) in [5, 5.41) is 3.69. The number of nitrogens with zero attached hydrogens (tertiary/aromatic N) is 2. The topological polar surface area (TPSA) is 86.8 Å². The lowest BCUT2D eigenvalue weighted by Gasteiger charge is -2.29. The van der Waals surface area contributed by atoms with Crippen LogP contribution in [0.3, 0.4) is 0 Å². The summed E-state index contributed by atoms with van der Waals surface area (Å²) < 4.78 is 26.6. The van der Waals surface area contributed by atoms with Gasteiger partial charge in [-0.25, -0.2) is 12.7 Å². The number of rotatable bonds is 12. The van der Waals surface area contributed by atoms with Crippen molar-refractivity contribution in [2.45, 2.75) is 50.6 Å². The Morgan fingerprint density at radius 3 is 2.38 bits per heavy atom. The van der Waals surface area contributed by atoms with Crippen molar-refractivity contribution in [3.05, 3.63) is 64.1 Å². The van der Waals surface area contributed by atoms with Gasteiger partial charge < -0.3 is 10.2 Å². The quantitative estimate of drug-likeness (QED) is 0.444. The minimum absolute atomic E-state index is 0.0747. The Bertz CT molecular complexity index is 1080. The summed E-state index contributed by atoms with van der Waals surface area (Å²) in [5.74, 6) is -0.528. The first-order chi connectivity index (χ1) is 16.1. The van der Waals surface area contributed by atoms with Crippen molar-refractivity contribution < 1.29 is 18.0 Å². The van der Waals surface area contributed by atoms with Gasteiger partial charge in [-0.05, 0) is 49.6 Å². The van der Waals surface area contributed by atoms with Gasteiger partial charge in [-0.1, -0.05) is 54.4 Å². The van der Waals surface area contributed by atoms with Gasteiger partial charge in [0.2, 0.25) is 21.8 Å². The minimum atomic E-state index is -3.64. The van der Waals surface area contributed by atoms with Crippen LogP contribution in [0.2, 0.25) is 10.0 Å². The Kier molecular flexibility index (Phi) is 10.8. The molecule has 0 aliphatic rings. The summed E-state index contributed by atoms with van der Waals surface area (Å²) >= 11 is 12.3. The van der Waals surface area contributed by atoms with E-state index < -0.39 is 16.1 Å². The third kappa shape index (κ3) is 7.70. The van der Waals surface area contributed by atoms with Crippen molar-refractivity contribution in [3.63, 3.8) is 0 Å². The maximum atomic E-state index is 13.2. The lowest BCUT2D eigenvalue weighted by molar-refractivity contribution is -0.140. The highest BCUT2D eigenvalue weighted by Gasteiger charge is 2.27. The third-order valence-electron chi connectivity index (χ3n) is 5.39. The first kappa shape index (κ1) is 28.1. The highest BCUT2D eigenvalue weighted by atomic mass is 35.5. The van der Waals surface area contributed by atoms with Crippen LogP contribution in [0.15, 0.2) is 53.4 Å². The Morgan fingerprint density at radius 2 is 1.76 bits per heavy atom. The molecule has 0 saturated carbocycles. The van der Waals surface area contributed by atoms with E-state index in [0.717, 1.165) is 6.42 Å². The number of nitrogens with one attached hydrogen (secondary N) is 1. The fraction of sp³-hybridized carbons (Fsp3) is 0.417. The van der Waals surface area contributed by atoms with Crippen LogP contribution in [-0.2, 0) is 26.2 Å². The monoisotopic (exact) mass is 527 g/mol. The standard InChI is InChI=1S/C24H31Cl2N3O4S/c1-4-14-27-24(31)18(2)29(17-19-12-13-20(25)16-22(19)26)23(30)11-8-15-28(3)34(32,33)21-9-6-5-7-10-21/h5-7,9-10,12-13,16,18H,4,8,11,14-15,17H2,1-3H3,(H,27,31)/t18-/m1/s1. The van der Waals surface area contributed by atoms with E-state index in [0.29, 0.717) is 28.6 Å². The summed E-state index contributed by atoms with van der Waals surface area (Å²) in [5.41, 5.74) is 0.665. The second-order valence-electron chi connectivity index (χ2n) is 7.97. The Hall–Kier alpha value is -2.13. The average Bonchev–Trinajstić information content (AvgIpc) is 2.81. The van der Waals surface area contributed by atoms with Crippen molar-refractivity contribution in [2.75, 3.05) is 20.1 Å². The Labute approximate surface area is 212 Å². The molecule has 0 saturated heterocycles. The predicted octanol–water partition coefficient (Wildman–Crippen LogP) is 4.34. The molecule has 0 aliphatic heterocycles. The molecule has 0 heterocycles. The van der Waals surface area contributed by atoms with Crippen molar-refractivity contribution in [1.82, 2.24) is 14.5 Å². The highest BCUT2D eigenvalue weighted by molar-refractivity contribution is 7.89. The zero-order chi connectivity index (χ0) is 25.3. The molecule has 186 valence electrons. The van der Waals surface area contributed by atoms with E-state index in [1.807, 2.05) is 6.92 Å². The number of carbonyl (C=O) groups is 2. The van der Waals surface area contributed by atoms with Gasteiger partial charge >= 0.3 is 0 Å².